The van der Waals surface area contributed by atoms with Gasteiger partial charge in [0.2, 0.25) is 0 Å². The van der Waals surface area contributed by atoms with Crippen LogP contribution in [0, 0.1) is 0 Å². The first kappa shape index (κ1) is 16.5. The highest BCUT2D eigenvalue weighted by Gasteiger charge is 2.12. The van der Waals surface area contributed by atoms with Gasteiger partial charge in [-0.1, -0.05) is 34.8 Å². The molecule has 21 heavy (non-hydrogen) atoms. The van der Waals surface area contributed by atoms with Crippen molar-refractivity contribution >= 4 is 52.3 Å². The Morgan fingerprint density at radius 1 is 1.33 bits per heavy atom. The number of hydrogen-bond acceptors (Lipinski definition) is 4. The maximum absolute atomic E-state index is 12.3. The molecule has 1 heterocycles. The van der Waals surface area contributed by atoms with Crippen LogP contribution in [0.25, 0.3) is 5.69 Å². The molecule has 1 N–H and O–H groups in total. The lowest BCUT2D eigenvalue weighted by molar-refractivity contribution is 0.808. The SMILES string of the molecule is CSCCNc1cnn(-c2ccc(Cl)cc2Cl)c(=O)c1Cl. The lowest BCUT2D eigenvalue weighted by Crippen LogP contribution is -2.23. The highest BCUT2D eigenvalue weighted by molar-refractivity contribution is 7.98. The Morgan fingerprint density at radius 2 is 2.10 bits per heavy atom. The standard InChI is InChI=1S/C13H12Cl3N3OS/c1-21-5-4-17-10-7-18-19(13(20)12(10)16)11-3-2-8(14)6-9(11)15/h2-3,6-7,17H,4-5H2,1H3. The molecule has 0 atom stereocenters. The van der Waals surface area contributed by atoms with Gasteiger partial charge in [0.1, 0.15) is 5.02 Å². The first-order valence-corrected chi connectivity index (χ1v) is 8.53. The number of anilines is 1. The van der Waals surface area contributed by atoms with Crippen LogP contribution in [-0.4, -0.2) is 28.3 Å². The van der Waals surface area contributed by atoms with Crippen molar-refractivity contribution in [1.82, 2.24) is 9.78 Å². The summed E-state index contributed by atoms with van der Waals surface area (Å²) in [5.74, 6) is 0.905. The fraction of sp³-hybridized carbons (Fsp3) is 0.231. The molecule has 0 aliphatic carbocycles. The monoisotopic (exact) mass is 363 g/mol. The summed E-state index contributed by atoms with van der Waals surface area (Å²) in [6, 6.07) is 4.80. The Kier molecular flexibility index (Phi) is 5.81. The summed E-state index contributed by atoms with van der Waals surface area (Å²) in [4.78, 5) is 12.3. The molecule has 0 radical (unpaired) electrons. The van der Waals surface area contributed by atoms with Crippen molar-refractivity contribution in [3.8, 4) is 5.69 Å². The molecule has 112 valence electrons. The number of aromatic nitrogens is 2. The van der Waals surface area contributed by atoms with Crippen LogP contribution in [0.5, 0.6) is 0 Å². The number of benzene rings is 1. The first-order chi connectivity index (χ1) is 10.0. The van der Waals surface area contributed by atoms with Crippen molar-refractivity contribution in [2.75, 3.05) is 23.9 Å². The van der Waals surface area contributed by atoms with E-state index in [9.17, 15) is 4.79 Å². The predicted octanol–water partition coefficient (Wildman–Crippen LogP) is 3.97. The van der Waals surface area contributed by atoms with Crippen molar-refractivity contribution in [3.63, 3.8) is 0 Å². The zero-order chi connectivity index (χ0) is 15.4. The second-order valence-corrected chi connectivity index (χ2v) is 6.31. The summed E-state index contributed by atoms with van der Waals surface area (Å²) >= 11 is 19.7. The van der Waals surface area contributed by atoms with Gasteiger partial charge in [0.15, 0.2) is 0 Å². The molecular weight excluding hydrogens is 353 g/mol. The first-order valence-electron chi connectivity index (χ1n) is 6.00. The molecule has 1 aromatic heterocycles. The molecule has 2 rings (SSSR count). The van der Waals surface area contributed by atoms with Gasteiger partial charge >= 0.3 is 0 Å². The second kappa shape index (κ2) is 7.40. The van der Waals surface area contributed by atoms with E-state index in [1.165, 1.54) is 6.20 Å². The third-order valence-corrected chi connectivity index (χ3v) is 4.19. The highest BCUT2D eigenvalue weighted by atomic mass is 35.5. The van der Waals surface area contributed by atoms with E-state index < -0.39 is 5.56 Å². The summed E-state index contributed by atoms with van der Waals surface area (Å²) in [5, 5.41) is 8.07. The quantitative estimate of drug-likeness (QED) is 0.816. The van der Waals surface area contributed by atoms with Gasteiger partial charge in [-0.2, -0.15) is 21.5 Å². The molecule has 2 aromatic rings. The van der Waals surface area contributed by atoms with Gasteiger partial charge in [0, 0.05) is 17.3 Å². The molecule has 1 aromatic carbocycles. The average Bonchev–Trinajstić information content (AvgIpc) is 2.45. The van der Waals surface area contributed by atoms with Crippen molar-refractivity contribution in [2.45, 2.75) is 0 Å². The second-order valence-electron chi connectivity index (χ2n) is 4.10. The zero-order valence-corrected chi connectivity index (χ0v) is 14.2. The minimum atomic E-state index is -0.435. The molecule has 0 unspecified atom stereocenters. The van der Waals surface area contributed by atoms with Crippen LogP contribution in [0.15, 0.2) is 29.2 Å². The van der Waals surface area contributed by atoms with Crippen molar-refractivity contribution in [1.29, 1.82) is 0 Å². The van der Waals surface area contributed by atoms with E-state index in [4.69, 9.17) is 34.8 Å². The normalized spacial score (nSPS) is 10.7. The molecule has 0 bridgehead atoms. The number of halogens is 3. The lowest BCUT2D eigenvalue weighted by atomic mass is 10.3. The maximum Gasteiger partial charge on any atom is 0.292 e. The number of thioether (sulfide) groups is 1. The summed E-state index contributed by atoms with van der Waals surface area (Å²) in [6.07, 6.45) is 3.51. The fourth-order valence-electron chi connectivity index (χ4n) is 1.67. The summed E-state index contributed by atoms with van der Waals surface area (Å²) < 4.78 is 1.15. The van der Waals surface area contributed by atoms with Crippen molar-refractivity contribution in [3.05, 3.63) is 49.8 Å². The fourth-order valence-corrected chi connectivity index (χ4v) is 2.66. The minimum Gasteiger partial charge on any atom is -0.382 e. The van der Waals surface area contributed by atoms with Gasteiger partial charge in [0.25, 0.3) is 5.56 Å². The highest BCUT2D eigenvalue weighted by Crippen LogP contribution is 2.24. The van der Waals surface area contributed by atoms with Crippen LogP contribution < -0.4 is 10.9 Å². The van der Waals surface area contributed by atoms with E-state index in [1.807, 2.05) is 6.26 Å². The van der Waals surface area contributed by atoms with Crippen molar-refractivity contribution in [2.24, 2.45) is 0 Å². The zero-order valence-electron chi connectivity index (χ0n) is 11.1. The third-order valence-electron chi connectivity index (χ3n) is 2.68. The van der Waals surface area contributed by atoms with Gasteiger partial charge in [-0.25, -0.2) is 0 Å². The van der Waals surface area contributed by atoms with Crippen LogP contribution in [0.4, 0.5) is 5.69 Å². The number of rotatable bonds is 5. The van der Waals surface area contributed by atoms with E-state index in [0.29, 0.717) is 28.0 Å². The van der Waals surface area contributed by atoms with Crippen LogP contribution in [-0.2, 0) is 0 Å². The molecule has 0 aliphatic heterocycles. The van der Waals surface area contributed by atoms with Gasteiger partial charge in [-0.3, -0.25) is 4.79 Å². The molecule has 0 saturated heterocycles. The lowest BCUT2D eigenvalue weighted by Gasteiger charge is -2.11. The molecule has 0 amide bonds. The Bertz CT molecular complexity index is 706. The van der Waals surface area contributed by atoms with E-state index in [-0.39, 0.29) is 5.02 Å². The predicted molar refractivity (Wildman–Crippen MR) is 91.7 cm³/mol. The van der Waals surface area contributed by atoms with Crippen molar-refractivity contribution < 1.29 is 0 Å². The molecule has 8 heteroatoms. The van der Waals surface area contributed by atoms with Crippen LogP contribution in [0.2, 0.25) is 15.1 Å². The molecule has 0 fully saturated rings. The van der Waals surface area contributed by atoms with Crippen LogP contribution in [0.3, 0.4) is 0 Å². The number of nitrogens with zero attached hydrogens (tertiary/aromatic N) is 2. The van der Waals surface area contributed by atoms with Gasteiger partial charge in [-0.05, 0) is 24.5 Å². The van der Waals surface area contributed by atoms with E-state index in [1.54, 1.807) is 30.0 Å². The van der Waals surface area contributed by atoms with E-state index in [0.717, 1.165) is 10.4 Å². The summed E-state index contributed by atoms with van der Waals surface area (Å²) in [7, 11) is 0. The Hall–Kier alpha value is -0.880. The molecule has 0 spiro atoms. The van der Waals surface area contributed by atoms with Gasteiger partial charge in [-0.15, -0.1) is 0 Å². The van der Waals surface area contributed by atoms with Crippen LogP contribution >= 0.6 is 46.6 Å². The molecular formula is C13H12Cl3N3OS. The number of hydrogen-bond donors (Lipinski definition) is 1. The maximum atomic E-state index is 12.3. The van der Waals surface area contributed by atoms with E-state index >= 15 is 0 Å². The Balaban J connectivity index is 2.38. The van der Waals surface area contributed by atoms with Gasteiger partial charge in [0.05, 0.1) is 22.6 Å². The van der Waals surface area contributed by atoms with E-state index in [2.05, 4.69) is 10.4 Å². The topological polar surface area (TPSA) is 46.9 Å². The Labute approximate surface area is 141 Å². The molecule has 4 nitrogen and oxygen atoms in total. The summed E-state index contributed by atoms with van der Waals surface area (Å²) in [6.45, 7) is 0.702. The smallest absolute Gasteiger partial charge is 0.292 e. The molecule has 0 aliphatic rings. The minimum absolute atomic E-state index is 0.0807. The third kappa shape index (κ3) is 3.86. The Morgan fingerprint density at radius 3 is 2.76 bits per heavy atom. The van der Waals surface area contributed by atoms with Gasteiger partial charge < -0.3 is 5.32 Å². The summed E-state index contributed by atoms with van der Waals surface area (Å²) in [5.41, 5.74) is 0.510. The average molecular weight is 365 g/mol. The molecule has 0 saturated carbocycles. The largest absolute Gasteiger partial charge is 0.382 e. The number of nitrogens with one attached hydrogen (secondary N) is 1. The van der Waals surface area contributed by atoms with Crippen LogP contribution in [0.1, 0.15) is 0 Å².